The number of aryl methyl sites for hydroxylation is 6. The van der Waals surface area contributed by atoms with Crippen molar-refractivity contribution in [1.82, 2.24) is 0 Å². The molecule has 3 rings (SSSR count). The summed E-state index contributed by atoms with van der Waals surface area (Å²) < 4.78 is 0. The Morgan fingerprint density at radius 2 is 0.607 bits per heavy atom. The van der Waals surface area contributed by atoms with Gasteiger partial charge in [-0.2, -0.15) is 85.0 Å². The normalized spacial score (nSPS) is 9.86. The molecule has 28 heavy (non-hydrogen) atoms. The molecule has 0 N–H and O–H groups in total. The Morgan fingerprint density at radius 3 is 0.643 bits per heavy atom. The van der Waals surface area contributed by atoms with Crippen molar-refractivity contribution in [3.8, 4) is 0 Å². The van der Waals surface area contributed by atoms with Gasteiger partial charge in [0.05, 0.1) is 0 Å². The first-order valence-corrected chi connectivity index (χ1v) is 9.98. The molecular weight excluding hydrogens is 475 g/mol. The first-order chi connectivity index (χ1) is 12.4. The van der Waals surface area contributed by atoms with E-state index in [1.165, 1.54) is 66.8 Å². The van der Waals surface area contributed by atoms with Crippen LogP contribution in [0.25, 0.3) is 0 Å². The topological polar surface area (TPSA) is 0 Å². The van der Waals surface area contributed by atoms with E-state index in [0.29, 0.717) is 0 Å². The maximum Gasteiger partial charge on any atom is 3.00 e. The second-order valence-corrected chi connectivity index (χ2v) is 8.28. The van der Waals surface area contributed by atoms with Crippen LogP contribution in [0.5, 0.6) is 0 Å². The molecular formula is C27H39Sm. The number of rotatable bonds is 0. The van der Waals surface area contributed by atoms with Crippen molar-refractivity contribution in [3.05, 3.63) is 85.0 Å². The van der Waals surface area contributed by atoms with E-state index >= 15 is 0 Å². The van der Waals surface area contributed by atoms with E-state index < -0.39 is 0 Å². The molecule has 0 atom stereocenters. The summed E-state index contributed by atoms with van der Waals surface area (Å²) in [4.78, 5) is 0. The molecule has 0 spiro atoms. The predicted octanol–water partition coefficient (Wildman–Crippen LogP) is 7.92. The Bertz CT molecular complexity index is 707. The third-order valence-corrected chi connectivity index (χ3v) is 6.54. The third-order valence-electron chi connectivity index (χ3n) is 6.54. The summed E-state index contributed by atoms with van der Waals surface area (Å²) in [5.74, 6) is 0. The van der Waals surface area contributed by atoms with Crippen LogP contribution in [0.3, 0.4) is 0 Å². The average molecular weight is 514 g/mol. The molecule has 0 fully saturated rings. The molecule has 1 radical (unpaired) electrons. The molecule has 0 aliphatic heterocycles. The van der Waals surface area contributed by atoms with Gasteiger partial charge in [-0.25, -0.2) is 0 Å². The summed E-state index contributed by atoms with van der Waals surface area (Å²) >= 11 is 0. The molecule has 0 aliphatic rings. The van der Waals surface area contributed by atoms with Crippen molar-refractivity contribution in [1.29, 1.82) is 0 Å². The number of hydrogen-bond acceptors (Lipinski definition) is 0. The molecule has 0 nitrogen and oxygen atoms in total. The van der Waals surface area contributed by atoms with Crippen LogP contribution in [0.2, 0.25) is 0 Å². The summed E-state index contributed by atoms with van der Waals surface area (Å²) in [6, 6.07) is 6.72. The minimum Gasteiger partial charge on any atom is -0.199 e. The minimum atomic E-state index is 0. The standard InChI is InChI=1S/3C9H13.Sm/c3*1-6-5-7(2)9(4)8(6)3;/h3*5H,1-4H3;/q3*-1;+3. The van der Waals surface area contributed by atoms with Crippen LogP contribution in [0.15, 0.2) is 18.2 Å². The Hall–Kier alpha value is -0.612. The summed E-state index contributed by atoms with van der Waals surface area (Å²) in [6.07, 6.45) is 0. The second kappa shape index (κ2) is 11.5. The van der Waals surface area contributed by atoms with Crippen LogP contribution >= 0.6 is 0 Å². The smallest absolute Gasteiger partial charge is 0.199 e. The van der Waals surface area contributed by atoms with Crippen molar-refractivity contribution in [2.45, 2.75) is 83.1 Å². The van der Waals surface area contributed by atoms with Gasteiger partial charge < -0.3 is 0 Å². The van der Waals surface area contributed by atoms with E-state index in [0.717, 1.165) is 0 Å². The van der Waals surface area contributed by atoms with Crippen molar-refractivity contribution in [3.63, 3.8) is 0 Å². The number of hydrogen-bond donors (Lipinski definition) is 0. The van der Waals surface area contributed by atoms with Crippen molar-refractivity contribution < 1.29 is 40.4 Å². The first kappa shape index (κ1) is 27.4. The predicted molar refractivity (Wildman–Crippen MR) is 123 cm³/mol. The Kier molecular flexibility index (Phi) is 11.3. The van der Waals surface area contributed by atoms with Crippen LogP contribution in [0.4, 0.5) is 0 Å². The zero-order chi connectivity index (χ0) is 21.0. The van der Waals surface area contributed by atoms with E-state index in [4.69, 9.17) is 0 Å². The van der Waals surface area contributed by atoms with Gasteiger partial charge in [-0.15, -0.1) is 0 Å². The fourth-order valence-electron chi connectivity index (χ4n) is 3.40. The molecule has 0 aromatic heterocycles. The Labute approximate surface area is 207 Å². The van der Waals surface area contributed by atoms with Crippen LogP contribution in [0.1, 0.15) is 66.8 Å². The zero-order valence-electron chi connectivity index (χ0n) is 20.1. The van der Waals surface area contributed by atoms with Crippen LogP contribution < -0.4 is 0 Å². The summed E-state index contributed by atoms with van der Waals surface area (Å²) in [7, 11) is 0. The maximum absolute atomic E-state index is 2.24. The quantitative estimate of drug-likeness (QED) is 0.268. The van der Waals surface area contributed by atoms with Crippen molar-refractivity contribution in [2.75, 3.05) is 0 Å². The van der Waals surface area contributed by atoms with Crippen molar-refractivity contribution >= 4 is 0 Å². The van der Waals surface area contributed by atoms with E-state index in [-0.39, 0.29) is 40.4 Å². The van der Waals surface area contributed by atoms with Gasteiger partial charge in [-0.05, 0) is 0 Å². The van der Waals surface area contributed by atoms with Crippen molar-refractivity contribution in [2.24, 2.45) is 0 Å². The van der Waals surface area contributed by atoms with Gasteiger partial charge in [-0.3, -0.25) is 0 Å². The molecule has 0 unspecified atom stereocenters. The molecule has 0 saturated heterocycles. The Morgan fingerprint density at radius 1 is 0.429 bits per heavy atom. The molecule has 0 saturated carbocycles. The summed E-state index contributed by atoms with van der Waals surface area (Å²) in [5.41, 5.74) is 17.2. The molecule has 0 heterocycles. The second-order valence-electron chi connectivity index (χ2n) is 8.28. The minimum absolute atomic E-state index is 0. The van der Waals surface area contributed by atoms with Gasteiger partial charge in [0.25, 0.3) is 0 Å². The fraction of sp³-hybridized carbons (Fsp3) is 0.444. The van der Waals surface area contributed by atoms with Crippen LogP contribution in [-0.4, -0.2) is 0 Å². The van der Waals surface area contributed by atoms with Gasteiger partial charge in [-0.1, -0.05) is 83.1 Å². The van der Waals surface area contributed by atoms with E-state index in [9.17, 15) is 0 Å². The summed E-state index contributed by atoms with van der Waals surface area (Å²) in [5, 5.41) is 0. The first-order valence-electron chi connectivity index (χ1n) is 9.98. The summed E-state index contributed by atoms with van der Waals surface area (Å²) in [6.45, 7) is 26.0. The van der Waals surface area contributed by atoms with Gasteiger partial charge in [0.2, 0.25) is 0 Å². The molecule has 0 bridgehead atoms. The zero-order valence-corrected chi connectivity index (χ0v) is 22.8. The van der Waals surface area contributed by atoms with E-state index in [1.54, 1.807) is 0 Å². The van der Waals surface area contributed by atoms with Crippen LogP contribution in [-0.2, 0) is 0 Å². The van der Waals surface area contributed by atoms with Crippen LogP contribution in [0, 0.1) is 123 Å². The fourth-order valence-corrected chi connectivity index (χ4v) is 3.40. The third kappa shape index (κ3) is 6.72. The average Bonchev–Trinajstić information content (AvgIpc) is 3.07. The largest absolute Gasteiger partial charge is 3.00 e. The van der Waals surface area contributed by atoms with Gasteiger partial charge in [0, 0.05) is 0 Å². The van der Waals surface area contributed by atoms with E-state index in [1.807, 2.05) is 0 Å². The molecule has 0 amide bonds. The molecule has 3 aromatic rings. The molecule has 1 heteroatoms. The molecule has 0 aliphatic carbocycles. The van der Waals surface area contributed by atoms with E-state index in [2.05, 4.69) is 101 Å². The monoisotopic (exact) mass is 515 g/mol. The Balaban J connectivity index is 0.000000384. The molecule has 153 valence electrons. The molecule has 3 aromatic carbocycles. The maximum atomic E-state index is 2.24. The SMILES string of the molecule is Cc1c[c-](C)c(C)c1C.Cc1c[c-](C)c(C)c1C.Cc1c[c-](C)c(C)c1C.[Sm+3]. The van der Waals surface area contributed by atoms with Gasteiger partial charge in [0.1, 0.15) is 0 Å². The van der Waals surface area contributed by atoms with Gasteiger partial charge in [0.15, 0.2) is 0 Å². The van der Waals surface area contributed by atoms with Gasteiger partial charge >= 0.3 is 40.4 Å².